The molecule has 11 heteroatoms. The Morgan fingerprint density at radius 1 is 1.09 bits per heavy atom. The Labute approximate surface area is 187 Å². The molecule has 1 saturated carbocycles. The van der Waals surface area contributed by atoms with Crippen LogP contribution >= 0.6 is 0 Å². The van der Waals surface area contributed by atoms with Gasteiger partial charge in [-0.2, -0.15) is 10.1 Å². The van der Waals surface area contributed by atoms with Crippen molar-refractivity contribution in [3.05, 3.63) is 59.8 Å². The van der Waals surface area contributed by atoms with Crippen molar-refractivity contribution in [1.29, 1.82) is 0 Å². The van der Waals surface area contributed by atoms with E-state index in [1.54, 1.807) is 38.4 Å². The Morgan fingerprint density at radius 3 is 2.64 bits per heavy atom. The van der Waals surface area contributed by atoms with Gasteiger partial charge in [-0.3, -0.25) is 19.6 Å². The molecule has 1 aromatic carbocycles. The van der Waals surface area contributed by atoms with Crippen molar-refractivity contribution in [1.82, 2.24) is 24.4 Å². The summed E-state index contributed by atoms with van der Waals surface area (Å²) in [5.74, 6) is -0.260. The van der Waals surface area contributed by atoms with Crippen LogP contribution in [0.2, 0.25) is 0 Å². The molecule has 2 amide bonds. The SMILES string of the molecule is Cc1cc(C(=O)Nc2cc(F)cc(Oc3ccc4nc(NC(=O)C5CC5)nn4c3)c2)n(C)n1. The predicted octanol–water partition coefficient (Wildman–Crippen LogP) is 3.30. The molecule has 0 atom stereocenters. The lowest BCUT2D eigenvalue weighted by Gasteiger charge is -2.10. The van der Waals surface area contributed by atoms with Crippen LogP contribution in [0.5, 0.6) is 11.5 Å². The maximum atomic E-state index is 14.2. The van der Waals surface area contributed by atoms with Crippen LogP contribution in [0.4, 0.5) is 16.0 Å². The van der Waals surface area contributed by atoms with E-state index in [1.807, 2.05) is 0 Å². The summed E-state index contributed by atoms with van der Waals surface area (Å²) in [6.07, 6.45) is 3.33. The van der Waals surface area contributed by atoms with E-state index >= 15 is 0 Å². The van der Waals surface area contributed by atoms with Crippen molar-refractivity contribution in [3.63, 3.8) is 0 Å². The van der Waals surface area contributed by atoms with E-state index in [2.05, 4.69) is 25.8 Å². The van der Waals surface area contributed by atoms with E-state index in [1.165, 1.54) is 27.4 Å². The molecule has 2 N–H and O–H groups in total. The number of aryl methyl sites for hydroxylation is 2. The first-order valence-electron chi connectivity index (χ1n) is 10.3. The Bertz CT molecular complexity index is 1390. The van der Waals surface area contributed by atoms with Crippen LogP contribution in [-0.2, 0) is 11.8 Å². The molecule has 4 aromatic rings. The molecule has 168 valence electrons. The van der Waals surface area contributed by atoms with E-state index in [0.29, 0.717) is 22.8 Å². The number of pyridine rings is 1. The molecule has 0 saturated heterocycles. The summed E-state index contributed by atoms with van der Waals surface area (Å²) < 4.78 is 22.9. The van der Waals surface area contributed by atoms with Gasteiger partial charge < -0.3 is 10.1 Å². The molecule has 1 fully saturated rings. The first-order valence-corrected chi connectivity index (χ1v) is 10.3. The molecule has 33 heavy (non-hydrogen) atoms. The summed E-state index contributed by atoms with van der Waals surface area (Å²) >= 11 is 0. The zero-order chi connectivity index (χ0) is 23.1. The number of halogens is 1. The monoisotopic (exact) mass is 449 g/mol. The lowest BCUT2D eigenvalue weighted by Crippen LogP contribution is -2.16. The van der Waals surface area contributed by atoms with Gasteiger partial charge in [-0.05, 0) is 44.0 Å². The molecular formula is C22H20FN7O3. The molecule has 0 unspecified atom stereocenters. The highest BCUT2D eigenvalue weighted by Gasteiger charge is 2.30. The lowest BCUT2D eigenvalue weighted by molar-refractivity contribution is -0.117. The van der Waals surface area contributed by atoms with Crippen molar-refractivity contribution in [2.75, 3.05) is 10.6 Å². The van der Waals surface area contributed by atoms with E-state index in [0.717, 1.165) is 12.8 Å². The highest BCUT2D eigenvalue weighted by atomic mass is 19.1. The van der Waals surface area contributed by atoms with E-state index in [-0.39, 0.29) is 29.2 Å². The third-order valence-electron chi connectivity index (χ3n) is 5.09. The van der Waals surface area contributed by atoms with Gasteiger partial charge in [0.2, 0.25) is 11.9 Å². The van der Waals surface area contributed by atoms with Crippen LogP contribution in [0.3, 0.4) is 0 Å². The molecule has 0 bridgehead atoms. The van der Waals surface area contributed by atoms with Gasteiger partial charge in [0.25, 0.3) is 5.91 Å². The molecular weight excluding hydrogens is 429 g/mol. The minimum Gasteiger partial charge on any atom is -0.456 e. The van der Waals surface area contributed by atoms with Gasteiger partial charge in [0.1, 0.15) is 23.0 Å². The molecule has 1 aliphatic carbocycles. The number of carbonyl (C=O) groups is 2. The first-order chi connectivity index (χ1) is 15.8. The molecule has 0 spiro atoms. The number of rotatable bonds is 6. The van der Waals surface area contributed by atoms with Crippen molar-refractivity contribution in [2.24, 2.45) is 13.0 Å². The number of benzene rings is 1. The second-order valence-electron chi connectivity index (χ2n) is 7.89. The van der Waals surface area contributed by atoms with Crippen LogP contribution in [0.15, 0.2) is 42.6 Å². The van der Waals surface area contributed by atoms with Crippen molar-refractivity contribution >= 4 is 29.1 Å². The zero-order valence-corrected chi connectivity index (χ0v) is 17.9. The van der Waals surface area contributed by atoms with Crippen molar-refractivity contribution < 1.29 is 18.7 Å². The number of anilines is 2. The van der Waals surface area contributed by atoms with Crippen molar-refractivity contribution in [3.8, 4) is 11.5 Å². The van der Waals surface area contributed by atoms with Gasteiger partial charge in [-0.1, -0.05) is 0 Å². The number of fused-ring (bicyclic) bond motifs is 1. The Kier molecular flexibility index (Phi) is 5.00. The minimum atomic E-state index is -0.573. The number of nitrogens with one attached hydrogen (secondary N) is 2. The number of nitrogens with zero attached hydrogens (tertiary/aromatic N) is 5. The average molecular weight is 449 g/mol. The number of ether oxygens (including phenoxy) is 1. The molecule has 3 heterocycles. The molecule has 0 radical (unpaired) electrons. The smallest absolute Gasteiger partial charge is 0.273 e. The molecule has 0 aliphatic heterocycles. The van der Waals surface area contributed by atoms with E-state index in [4.69, 9.17) is 4.74 Å². The Hall–Kier alpha value is -4.28. The van der Waals surface area contributed by atoms with Crippen LogP contribution in [-0.4, -0.2) is 36.2 Å². The summed E-state index contributed by atoms with van der Waals surface area (Å²) in [6.45, 7) is 1.78. The number of hydrogen-bond donors (Lipinski definition) is 2. The van der Waals surface area contributed by atoms with Crippen LogP contribution in [0, 0.1) is 18.7 Å². The molecule has 3 aromatic heterocycles. The Morgan fingerprint density at radius 2 is 1.91 bits per heavy atom. The second-order valence-corrected chi connectivity index (χ2v) is 7.89. The van der Waals surface area contributed by atoms with Gasteiger partial charge in [0, 0.05) is 30.8 Å². The Balaban J connectivity index is 1.33. The number of carbonyl (C=O) groups excluding carboxylic acids is 2. The fourth-order valence-corrected chi connectivity index (χ4v) is 3.38. The van der Waals surface area contributed by atoms with Crippen LogP contribution in [0.25, 0.3) is 5.65 Å². The van der Waals surface area contributed by atoms with Gasteiger partial charge in [0.15, 0.2) is 5.65 Å². The van der Waals surface area contributed by atoms with Gasteiger partial charge in [-0.25, -0.2) is 8.91 Å². The van der Waals surface area contributed by atoms with Gasteiger partial charge >= 0.3 is 0 Å². The predicted molar refractivity (Wildman–Crippen MR) is 117 cm³/mol. The maximum Gasteiger partial charge on any atom is 0.273 e. The fourth-order valence-electron chi connectivity index (χ4n) is 3.38. The first kappa shape index (κ1) is 20.6. The van der Waals surface area contributed by atoms with Gasteiger partial charge in [0.05, 0.1) is 11.9 Å². The lowest BCUT2D eigenvalue weighted by atomic mass is 10.2. The second kappa shape index (κ2) is 8.01. The van der Waals surface area contributed by atoms with Crippen LogP contribution in [0.1, 0.15) is 29.0 Å². The summed E-state index contributed by atoms with van der Waals surface area (Å²) in [7, 11) is 1.66. The fraction of sp³-hybridized carbons (Fsp3) is 0.227. The highest BCUT2D eigenvalue weighted by molar-refractivity contribution is 6.03. The average Bonchev–Trinajstić information content (AvgIpc) is 3.44. The third kappa shape index (κ3) is 4.52. The number of aromatic nitrogens is 5. The molecule has 10 nitrogen and oxygen atoms in total. The number of amides is 2. The standard InChI is InChI=1S/C22H20FN7O3/c1-12-7-18(29(2)27-12)21(32)24-15-8-14(23)9-17(10-15)33-16-5-6-19-25-22(28-30(19)11-16)26-20(31)13-3-4-13/h5-11,13H,3-4H2,1-2H3,(H,24,32)(H,26,28,31). The summed E-state index contributed by atoms with van der Waals surface area (Å²) in [5, 5.41) is 13.7. The zero-order valence-electron chi connectivity index (χ0n) is 17.9. The quantitative estimate of drug-likeness (QED) is 0.467. The summed E-state index contributed by atoms with van der Waals surface area (Å²) in [4.78, 5) is 28.7. The molecule has 1 aliphatic rings. The third-order valence-corrected chi connectivity index (χ3v) is 5.09. The largest absolute Gasteiger partial charge is 0.456 e. The maximum absolute atomic E-state index is 14.2. The van der Waals surface area contributed by atoms with E-state index < -0.39 is 11.7 Å². The molecule has 5 rings (SSSR count). The van der Waals surface area contributed by atoms with Crippen molar-refractivity contribution in [2.45, 2.75) is 19.8 Å². The normalized spacial score (nSPS) is 13.2. The topological polar surface area (TPSA) is 115 Å². The van der Waals surface area contributed by atoms with Crippen LogP contribution < -0.4 is 15.4 Å². The number of hydrogen-bond acceptors (Lipinski definition) is 6. The highest BCUT2D eigenvalue weighted by Crippen LogP contribution is 2.30. The van der Waals surface area contributed by atoms with Gasteiger partial charge in [-0.15, -0.1) is 5.10 Å². The summed E-state index contributed by atoms with van der Waals surface area (Å²) in [5.41, 5.74) is 1.80. The van der Waals surface area contributed by atoms with E-state index in [9.17, 15) is 14.0 Å². The minimum absolute atomic E-state index is 0.0417. The summed E-state index contributed by atoms with van der Waals surface area (Å²) in [6, 6.07) is 8.87.